The molecule has 0 amide bonds. The summed E-state index contributed by atoms with van der Waals surface area (Å²) >= 11 is 0. The summed E-state index contributed by atoms with van der Waals surface area (Å²) in [5.74, 6) is -0.180. The number of benzene rings is 2. The predicted octanol–water partition coefficient (Wildman–Crippen LogP) is 3.73. The highest BCUT2D eigenvalue weighted by Gasteiger charge is 1.99. The first-order chi connectivity index (χ1) is 8.65. The van der Waals surface area contributed by atoms with Crippen molar-refractivity contribution in [3.63, 3.8) is 0 Å². The Balaban J connectivity index is 1.94. The van der Waals surface area contributed by atoms with Crippen molar-refractivity contribution in [2.24, 2.45) is 0 Å². The zero-order chi connectivity index (χ0) is 13.0. The van der Waals surface area contributed by atoms with Crippen molar-refractivity contribution in [2.45, 2.75) is 26.9 Å². The average Bonchev–Trinajstić information content (AvgIpc) is 2.34. The van der Waals surface area contributed by atoms with Crippen molar-refractivity contribution >= 4 is 0 Å². The van der Waals surface area contributed by atoms with Crippen LogP contribution in [0.3, 0.4) is 0 Å². The zero-order valence-corrected chi connectivity index (χ0v) is 10.8. The van der Waals surface area contributed by atoms with E-state index in [9.17, 15) is 4.39 Å². The number of hydrogen-bond donors (Lipinski definition) is 1. The van der Waals surface area contributed by atoms with E-state index in [0.717, 1.165) is 12.1 Å². The molecule has 2 aromatic rings. The molecule has 0 heterocycles. The first kappa shape index (κ1) is 12.8. The van der Waals surface area contributed by atoms with E-state index in [2.05, 4.69) is 37.4 Å². The Morgan fingerprint density at radius 1 is 1.00 bits per heavy atom. The Hall–Kier alpha value is -1.67. The maximum Gasteiger partial charge on any atom is 0.123 e. The normalized spacial score (nSPS) is 10.6. The smallest absolute Gasteiger partial charge is 0.123 e. The second-order valence-corrected chi connectivity index (χ2v) is 4.66. The van der Waals surface area contributed by atoms with Gasteiger partial charge >= 0.3 is 0 Å². The number of aryl methyl sites for hydroxylation is 2. The summed E-state index contributed by atoms with van der Waals surface area (Å²) in [4.78, 5) is 0. The first-order valence-corrected chi connectivity index (χ1v) is 6.16. The van der Waals surface area contributed by atoms with E-state index in [1.54, 1.807) is 12.1 Å². The molecule has 0 unspecified atom stereocenters. The average molecular weight is 243 g/mol. The Morgan fingerprint density at radius 2 is 1.83 bits per heavy atom. The fraction of sp³-hybridized carbons (Fsp3) is 0.250. The van der Waals surface area contributed by atoms with E-state index in [1.807, 2.05) is 6.07 Å². The van der Waals surface area contributed by atoms with Crippen molar-refractivity contribution in [1.82, 2.24) is 5.32 Å². The SMILES string of the molecule is Cc1ccc(C)c(CNCc2cccc(F)c2)c1. The molecule has 0 spiro atoms. The highest BCUT2D eigenvalue weighted by atomic mass is 19.1. The summed E-state index contributed by atoms with van der Waals surface area (Å²) < 4.78 is 13.0. The van der Waals surface area contributed by atoms with Gasteiger partial charge in [-0.1, -0.05) is 35.9 Å². The molecule has 0 aliphatic heterocycles. The lowest BCUT2D eigenvalue weighted by molar-refractivity contribution is 0.620. The van der Waals surface area contributed by atoms with Gasteiger partial charge in [0.1, 0.15) is 5.82 Å². The third-order valence-corrected chi connectivity index (χ3v) is 3.04. The minimum atomic E-state index is -0.180. The molecule has 94 valence electrons. The number of rotatable bonds is 4. The molecule has 0 saturated carbocycles. The second-order valence-electron chi connectivity index (χ2n) is 4.66. The van der Waals surface area contributed by atoms with E-state index < -0.39 is 0 Å². The van der Waals surface area contributed by atoms with Crippen LogP contribution in [0.2, 0.25) is 0 Å². The van der Waals surface area contributed by atoms with Crippen LogP contribution in [0.5, 0.6) is 0 Å². The topological polar surface area (TPSA) is 12.0 Å². The van der Waals surface area contributed by atoms with Crippen LogP contribution in [0.1, 0.15) is 22.3 Å². The summed E-state index contributed by atoms with van der Waals surface area (Å²) in [7, 11) is 0. The molecular formula is C16H18FN. The monoisotopic (exact) mass is 243 g/mol. The summed E-state index contributed by atoms with van der Waals surface area (Å²) in [6.45, 7) is 5.70. The fourth-order valence-electron chi connectivity index (χ4n) is 1.98. The molecule has 18 heavy (non-hydrogen) atoms. The molecule has 1 nitrogen and oxygen atoms in total. The van der Waals surface area contributed by atoms with Crippen molar-refractivity contribution in [2.75, 3.05) is 0 Å². The molecule has 0 aliphatic carbocycles. The van der Waals surface area contributed by atoms with Crippen LogP contribution < -0.4 is 5.32 Å². The van der Waals surface area contributed by atoms with Gasteiger partial charge in [-0.05, 0) is 42.7 Å². The summed E-state index contributed by atoms with van der Waals surface area (Å²) in [6.07, 6.45) is 0. The van der Waals surface area contributed by atoms with E-state index in [0.29, 0.717) is 6.54 Å². The van der Waals surface area contributed by atoms with Gasteiger partial charge in [0.25, 0.3) is 0 Å². The van der Waals surface area contributed by atoms with Gasteiger partial charge in [-0.15, -0.1) is 0 Å². The lowest BCUT2D eigenvalue weighted by Gasteiger charge is -2.09. The standard InChI is InChI=1S/C16H18FN/c1-12-6-7-13(2)15(8-12)11-18-10-14-4-3-5-16(17)9-14/h3-9,18H,10-11H2,1-2H3. The van der Waals surface area contributed by atoms with Crippen LogP contribution in [-0.4, -0.2) is 0 Å². The molecule has 0 fully saturated rings. The van der Waals surface area contributed by atoms with Crippen molar-refractivity contribution in [3.05, 3.63) is 70.5 Å². The Labute approximate surface area is 108 Å². The van der Waals surface area contributed by atoms with Gasteiger partial charge < -0.3 is 5.32 Å². The van der Waals surface area contributed by atoms with Crippen LogP contribution in [0.15, 0.2) is 42.5 Å². The van der Waals surface area contributed by atoms with Crippen LogP contribution in [0, 0.1) is 19.7 Å². The molecular weight excluding hydrogens is 225 g/mol. The molecule has 2 rings (SSSR count). The maximum atomic E-state index is 13.0. The Morgan fingerprint density at radius 3 is 2.61 bits per heavy atom. The molecule has 0 bridgehead atoms. The molecule has 0 radical (unpaired) electrons. The highest BCUT2D eigenvalue weighted by Crippen LogP contribution is 2.10. The van der Waals surface area contributed by atoms with E-state index in [-0.39, 0.29) is 5.82 Å². The number of halogens is 1. The fourth-order valence-corrected chi connectivity index (χ4v) is 1.98. The maximum absolute atomic E-state index is 13.0. The van der Waals surface area contributed by atoms with Gasteiger partial charge in [0, 0.05) is 13.1 Å². The lowest BCUT2D eigenvalue weighted by Crippen LogP contribution is -2.13. The molecule has 0 aliphatic rings. The summed E-state index contributed by atoms with van der Waals surface area (Å²) in [6, 6.07) is 13.1. The third-order valence-electron chi connectivity index (χ3n) is 3.04. The van der Waals surface area contributed by atoms with Gasteiger partial charge in [0.15, 0.2) is 0 Å². The molecule has 2 heteroatoms. The molecule has 0 saturated heterocycles. The zero-order valence-electron chi connectivity index (χ0n) is 10.8. The van der Waals surface area contributed by atoms with Crippen LogP contribution in [-0.2, 0) is 13.1 Å². The molecule has 2 aromatic carbocycles. The Kier molecular flexibility index (Phi) is 4.11. The van der Waals surface area contributed by atoms with E-state index in [4.69, 9.17) is 0 Å². The van der Waals surface area contributed by atoms with Crippen molar-refractivity contribution in [3.8, 4) is 0 Å². The quantitative estimate of drug-likeness (QED) is 0.862. The van der Waals surface area contributed by atoms with Gasteiger partial charge in [0.05, 0.1) is 0 Å². The molecule has 0 aromatic heterocycles. The predicted molar refractivity (Wildman–Crippen MR) is 72.9 cm³/mol. The summed E-state index contributed by atoms with van der Waals surface area (Å²) in [5.41, 5.74) is 4.82. The third kappa shape index (κ3) is 3.41. The highest BCUT2D eigenvalue weighted by molar-refractivity contribution is 5.30. The Bertz CT molecular complexity index is 534. The van der Waals surface area contributed by atoms with Crippen LogP contribution in [0.25, 0.3) is 0 Å². The minimum absolute atomic E-state index is 0.180. The lowest BCUT2D eigenvalue weighted by atomic mass is 10.1. The molecule has 1 N–H and O–H groups in total. The van der Waals surface area contributed by atoms with Crippen LogP contribution >= 0.6 is 0 Å². The van der Waals surface area contributed by atoms with E-state index in [1.165, 1.54) is 22.8 Å². The largest absolute Gasteiger partial charge is 0.309 e. The van der Waals surface area contributed by atoms with Gasteiger partial charge in [-0.25, -0.2) is 4.39 Å². The number of hydrogen-bond acceptors (Lipinski definition) is 1. The van der Waals surface area contributed by atoms with E-state index >= 15 is 0 Å². The molecule has 0 atom stereocenters. The van der Waals surface area contributed by atoms with Crippen molar-refractivity contribution < 1.29 is 4.39 Å². The second kappa shape index (κ2) is 5.78. The first-order valence-electron chi connectivity index (χ1n) is 6.16. The minimum Gasteiger partial charge on any atom is -0.309 e. The van der Waals surface area contributed by atoms with Crippen LogP contribution in [0.4, 0.5) is 4.39 Å². The van der Waals surface area contributed by atoms with Crippen molar-refractivity contribution in [1.29, 1.82) is 0 Å². The van der Waals surface area contributed by atoms with Gasteiger partial charge in [-0.3, -0.25) is 0 Å². The van der Waals surface area contributed by atoms with Gasteiger partial charge in [-0.2, -0.15) is 0 Å². The summed E-state index contributed by atoms with van der Waals surface area (Å²) in [5, 5.41) is 3.35. The number of nitrogens with one attached hydrogen (secondary N) is 1. The van der Waals surface area contributed by atoms with Gasteiger partial charge in [0.2, 0.25) is 0 Å².